The summed E-state index contributed by atoms with van der Waals surface area (Å²) in [6, 6.07) is 3.89. The van der Waals surface area contributed by atoms with Crippen molar-refractivity contribution < 1.29 is 9.59 Å². The standard InChI is InChI=1S/C15H20N2O2S/c1-11-4-2-7-15(10-11)13(18)16-14(19)17(15)8-6-12-5-3-9-20-12/h3,5,9,11H,2,4,6-8,10H2,1H3,(H,16,18,19). The van der Waals surface area contributed by atoms with E-state index < -0.39 is 5.54 Å². The van der Waals surface area contributed by atoms with E-state index in [2.05, 4.69) is 18.3 Å². The predicted molar refractivity (Wildman–Crippen MR) is 78.6 cm³/mol. The van der Waals surface area contributed by atoms with E-state index >= 15 is 0 Å². The monoisotopic (exact) mass is 292 g/mol. The van der Waals surface area contributed by atoms with Gasteiger partial charge in [0, 0.05) is 11.4 Å². The summed E-state index contributed by atoms with van der Waals surface area (Å²) in [7, 11) is 0. The quantitative estimate of drug-likeness (QED) is 0.871. The lowest BCUT2D eigenvalue weighted by atomic mass is 9.75. The molecule has 108 valence electrons. The number of nitrogens with zero attached hydrogens (tertiary/aromatic N) is 1. The fourth-order valence-corrected chi connectivity index (χ4v) is 4.26. The van der Waals surface area contributed by atoms with E-state index in [0.717, 1.165) is 32.1 Å². The fraction of sp³-hybridized carbons (Fsp3) is 0.600. The van der Waals surface area contributed by atoms with Crippen molar-refractivity contribution in [1.29, 1.82) is 0 Å². The smallest absolute Gasteiger partial charge is 0.309 e. The minimum absolute atomic E-state index is 0.0831. The minimum atomic E-state index is -0.577. The largest absolute Gasteiger partial charge is 0.325 e. The first-order valence-electron chi connectivity index (χ1n) is 7.27. The van der Waals surface area contributed by atoms with E-state index in [-0.39, 0.29) is 11.9 Å². The molecule has 2 atom stereocenters. The van der Waals surface area contributed by atoms with E-state index in [1.54, 1.807) is 16.2 Å². The summed E-state index contributed by atoms with van der Waals surface area (Å²) in [6.07, 6.45) is 4.61. The molecule has 1 spiro atoms. The van der Waals surface area contributed by atoms with Gasteiger partial charge in [-0.1, -0.05) is 25.8 Å². The molecule has 1 saturated heterocycles. The van der Waals surface area contributed by atoms with E-state index in [1.165, 1.54) is 4.88 Å². The number of carbonyl (C=O) groups is 2. The van der Waals surface area contributed by atoms with Gasteiger partial charge in [0.15, 0.2) is 0 Å². The van der Waals surface area contributed by atoms with Crippen molar-refractivity contribution >= 4 is 23.3 Å². The molecular weight excluding hydrogens is 272 g/mol. The number of urea groups is 1. The third kappa shape index (κ3) is 2.24. The van der Waals surface area contributed by atoms with Gasteiger partial charge >= 0.3 is 6.03 Å². The number of rotatable bonds is 3. The van der Waals surface area contributed by atoms with Crippen LogP contribution >= 0.6 is 11.3 Å². The third-order valence-electron chi connectivity index (χ3n) is 4.54. The SMILES string of the molecule is CC1CCCC2(C1)C(=O)NC(=O)N2CCc1cccs1. The summed E-state index contributed by atoms with van der Waals surface area (Å²) in [4.78, 5) is 27.5. The molecule has 1 aliphatic heterocycles. The van der Waals surface area contributed by atoms with Crippen LogP contribution in [-0.4, -0.2) is 28.9 Å². The Kier molecular flexibility index (Phi) is 3.54. The van der Waals surface area contributed by atoms with Crippen LogP contribution in [0.2, 0.25) is 0 Å². The van der Waals surface area contributed by atoms with Crippen LogP contribution in [0.3, 0.4) is 0 Å². The van der Waals surface area contributed by atoms with Gasteiger partial charge in [-0.05, 0) is 36.6 Å². The molecule has 0 bridgehead atoms. The van der Waals surface area contributed by atoms with Gasteiger partial charge in [0.2, 0.25) is 0 Å². The summed E-state index contributed by atoms with van der Waals surface area (Å²) >= 11 is 1.70. The first-order chi connectivity index (χ1) is 9.62. The molecule has 2 aliphatic rings. The van der Waals surface area contributed by atoms with Crippen molar-refractivity contribution in [3.05, 3.63) is 22.4 Å². The highest BCUT2D eigenvalue weighted by Gasteiger charge is 2.53. The zero-order valence-electron chi connectivity index (χ0n) is 11.7. The number of amides is 3. The first-order valence-corrected chi connectivity index (χ1v) is 8.15. The zero-order valence-corrected chi connectivity index (χ0v) is 12.5. The van der Waals surface area contributed by atoms with E-state index in [4.69, 9.17) is 0 Å². The van der Waals surface area contributed by atoms with Crippen LogP contribution < -0.4 is 5.32 Å². The number of hydrogen-bond acceptors (Lipinski definition) is 3. The molecule has 20 heavy (non-hydrogen) atoms. The molecule has 0 radical (unpaired) electrons. The molecule has 3 amide bonds. The lowest BCUT2D eigenvalue weighted by molar-refractivity contribution is -0.129. The van der Waals surface area contributed by atoms with Crippen LogP contribution in [0.4, 0.5) is 4.79 Å². The summed E-state index contributed by atoms with van der Waals surface area (Å²) in [6.45, 7) is 2.80. The average Bonchev–Trinajstić information content (AvgIpc) is 2.98. The number of hydrogen-bond donors (Lipinski definition) is 1. The Morgan fingerprint density at radius 3 is 3.05 bits per heavy atom. The van der Waals surface area contributed by atoms with Gasteiger partial charge < -0.3 is 4.90 Å². The fourth-order valence-electron chi connectivity index (χ4n) is 3.57. The van der Waals surface area contributed by atoms with Crippen LogP contribution in [0.25, 0.3) is 0 Å². The van der Waals surface area contributed by atoms with Crippen molar-refractivity contribution in [2.45, 2.75) is 44.6 Å². The summed E-state index contributed by atoms with van der Waals surface area (Å²) in [5.41, 5.74) is -0.577. The van der Waals surface area contributed by atoms with Gasteiger partial charge in [-0.15, -0.1) is 11.3 Å². The predicted octanol–water partition coefficient (Wildman–Crippen LogP) is 2.79. The van der Waals surface area contributed by atoms with Gasteiger partial charge in [0.25, 0.3) is 5.91 Å². The summed E-state index contributed by atoms with van der Waals surface area (Å²) in [5, 5.41) is 4.57. The maximum absolute atomic E-state index is 12.3. The maximum Gasteiger partial charge on any atom is 0.325 e. The highest BCUT2D eigenvalue weighted by atomic mass is 32.1. The van der Waals surface area contributed by atoms with Crippen molar-refractivity contribution in [3.8, 4) is 0 Å². The van der Waals surface area contributed by atoms with E-state index in [0.29, 0.717) is 12.5 Å². The van der Waals surface area contributed by atoms with Gasteiger partial charge in [0.05, 0.1) is 0 Å². The van der Waals surface area contributed by atoms with Crippen molar-refractivity contribution in [2.24, 2.45) is 5.92 Å². The van der Waals surface area contributed by atoms with Crippen molar-refractivity contribution in [2.75, 3.05) is 6.54 Å². The zero-order chi connectivity index (χ0) is 14.2. The summed E-state index contributed by atoms with van der Waals surface area (Å²) in [5.74, 6) is 0.421. The second kappa shape index (κ2) is 5.20. The Hall–Kier alpha value is -1.36. The highest BCUT2D eigenvalue weighted by molar-refractivity contribution is 7.09. The van der Waals surface area contributed by atoms with Gasteiger partial charge in [-0.3, -0.25) is 10.1 Å². The van der Waals surface area contributed by atoms with Gasteiger partial charge in [-0.2, -0.15) is 0 Å². The topological polar surface area (TPSA) is 49.4 Å². The Balaban J connectivity index is 1.78. The van der Waals surface area contributed by atoms with Crippen LogP contribution in [-0.2, 0) is 11.2 Å². The maximum atomic E-state index is 12.3. The Morgan fingerprint density at radius 2 is 2.35 bits per heavy atom. The number of nitrogens with one attached hydrogen (secondary N) is 1. The lowest BCUT2D eigenvalue weighted by Crippen LogP contribution is -2.53. The molecule has 1 aliphatic carbocycles. The Morgan fingerprint density at radius 1 is 1.50 bits per heavy atom. The average molecular weight is 292 g/mol. The van der Waals surface area contributed by atoms with Crippen molar-refractivity contribution in [1.82, 2.24) is 10.2 Å². The second-order valence-corrected chi connectivity index (χ2v) is 7.01. The molecule has 4 nitrogen and oxygen atoms in total. The Labute approximate surface area is 123 Å². The van der Waals surface area contributed by atoms with Gasteiger partial charge in [-0.25, -0.2) is 4.79 Å². The number of imide groups is 1. The highest BCUT2D eigenvalue weighted by Crippen LogP contribution is 2.39. The van der Waals surface area contributed by atoms with Crippen LogP contribution in [0.15, 0.2) is 17.5 Å². The minimum Gasteiger partial charge on any atom is -0.309 e. The van der Waals surface area contributed by atoms with Crippen LogP contribution in [0.1, 0.15) is 37.5 Å². The number of thiophene rings is 1. The molecule has 2 unspecified atom stereocenters. The van der Waals surface area contributed by atoms with E-state index in [9.17, 15) is 9.59 Å². The molecule has 1 aromatic rings. The lowest BCUT2D eigenvalue weighted by Gasteiger charge is -2.40. The van der Waals surface area contributed by atoms with Crippen LogP contribution in [0.5, 0.6) is 0 Å². The molecule has 2 heterocycles. The molecule has 3 rings (SSSR count). The van der Waals surface area contributed by atoms with E-state index in [1.807, 2.05) is 11.4 Å². The normalized spacial score (nSPS) is 30.1. The van der Waals surface area contributed by atoms with Crippen molar-refractivity contribution in [3.63, 3.8) is 0 Å². The molecule has 2 fully saturated rings. The second-order valence-electron chi connectivity index (χ2n) is 5.97. The summed E-state index contributed by atoms with van der Waals surface area (Å²) < 4.78 is 0. The molecule has 5 heteroatoms. The number of carbonyl (C=O) groups excluding carboxylic acids is 2. The Bertz CT molecular complexity index is 514. The molecule has 1 N–H and O–H groups in total. The molecular formula is C15H20N2O2S. The molecule has 1 aromatic heterocycles. The third-order valence-corrected chi connectivity index (χ3v) is 5.48. The van der Waals surface area contributed by atoms with Crippen LogP contribution in [0, 0.1) is 5.92 Å². The first kappa shape index (κ1) is 13.6. The molecule has 0 aromatic carbocycles. The molecule has 1 saturated carbocycles. The van der Waals surface area contributed by atoms with Gasteiger partial charge in [0.1, 0.15) is 5.54 Å².